The lowest BCUT2D eigenvalue weighted by molar-refractivity contribution is -0.142. The van der Waals surface area contributed by atoms with Gasteiger partial charge in [0.25, 0.3) is 5.91 Å². The first-order valence-corrected chi connectivity index (χ1v) is 8.65. The van der Waals surface area contributed by atoms with E-state index in [0.29, 0.717) is 19.1 Å². The van der Waals surface area contributed by atoms with Gasteiger partial charge in [0, 0.05) is 26.2 Å². The molecule has 3 saturated heterocycles. The van der Waals surface area contributed by atoms with Crippen LogP contribution in [-0.4, -0.2) is 61.6 Å². The molecule has 3 aliphatic heterocycles. The van der Waals surface area contributed by atoms with Gasteiger partial charge in [0.15, 0.2) is 0 Å². The van der Waals surface area contributed by atoms with E-state index in [1.807, 2.05) is 4.90 Å². The Morgan fingerprint density at radius 2 is 2.09 bits per heavy atom. The number of carbonyl (C=O) groups excluding carboxylic acids is 2. The van der Waals surface area contributed by atoms with Crippen molar-refractivity contribution in [3.63, 3.8) is 0 Å². The summed E-state index contributed by atoms with van der Waals surface area (Å²) in [5.41, 5.74) is 0. The Bertz CT molecular complexity index is 403. The van der Waals surface area contributed by atoms with Crippen molar-refractivity contribution in [1.82, 2.24) is 15.5 Å². The molecule has 3 heterocycles. The highest BCUT2D eigenvalue weighted by Crippen LogP contribution is 2.21. The summed E-state index contributed by atoms with van der Waals surface area (Å²) in [6.07, 6.45) is 5.71. The Hall–Kier alpha value is -1.14. The minimum Gasteiger partial charge on any atom is -0.368 e. The number of hydrogen-bond donors (Lipinski definition) is 2. The number of hydrogen-bond acceptors (Lipinski definition) is 4. The molecule has 0 saturated carbocycles. The summed E-state index contributed by atoms with van der Waals surface area (Å²) < 4.78 is 5.50. The lowest BCUT2D eigenvalue weighted by Gasteiger charge is -2.34. The normalized spacial score (nSPS) is 32.2. The van der Waals surface area contributed by atoms with Gasteiger partial charge in [-0.15, -0.1) is 0 Å². The number of piperidine rings is 1. The summed E-state index contributed by atoms with van der Waals surface area (Å²) in [5.74, 6) is 0.621. The fourth-order valence-corrected chi connectivity index (χ4v) is 3.68. The van der Waals surface area contributed by atoms with Crippen LogP contribution in [0.4, 0.5) is 0 Å². The van der Waals surface area contributed by atoms with E-state index in [2.05, 4.69) is 10.6 Å². The highest BCUT2D eigenvalue weighted by atomic mass is 16.5. The predicted octanol–water partition coefficient (Wildman–Crippen LogP) is 0.272. The second kappa shape index (κ2) is 7.42. The molecular weight excluding hydrogens is 282 g/mol. The van der Waals surface area contributed by atoms with Crippen LogP contribution in [0.15, 0.2) is 0 Å². The zero-order valence-electron chi connectivity index (χ0n) is 13.2. The van der Waals surface area contributed by atoms with Crippen LogP contribution >= 0.6 is 0 Å². The van der Waals surface area contributed by atoms with E-state index >= 15 is 0 Å². The van der Waals surface area contributed by atoms with E-state index in [4.69, 9.17) is 4.74 Å². The summed E-state index contributed by atoms with van der Waals surface area (Å²) >= 11 is 0. The van der Waals surface area contributed by atoms with Gasteiger partial charge in [-0.2, -0.15) is 0 Å². The molecule has 0 aliphatic carbocycles. The van der Waals surface area contributed by atoms with Crippen molar-refractivity contribution in [2.24, 2.45) is 5.92 Å². The Balaban J connectivity index is 1.43. The average molecular weight is 309 g/mol. The van der Waals surface area contributed by atoms with Crippen molar-refractivity contribution in [2.45, 2.75) is 50.7 Å². The van der Waals surface area contributed by atoms with Gasteiger partial charge in [-0.3, -0.25) is 9.59 Å². The van der Waals surface area contributed by atoms with Gasteiger partial charge in [0.2, 0.25) is 5.91 Å². The third-order valence-electron chi connectivity index (χ3n) is 4.98. The molecule has 2 N–H and O–H groups in total. The molecule has 0 aromatic rings. The van der Waals surface area contributed by atoms with Gasteiger partial charge in [-0.25, -0.2) is 0 Å². The van der Waals surface area contributed by atoms with Crippen LogP contribution in [0.2, 0.25) is 0 Å². The van der Waals surface area contributed by atoms with Crippen molar-refractivity contribution in [1.29, 1.82) is 0 Å². The maximum atomic E-state index is 12.4. The second-order valence-corrected chi connectivity index (χ2v) is 6.69. The summed E-state index contributed by atoms with van der Waals surface area (Å²) in [4.78, 5) is 26.4. The Labute approximate surface area is 131 Å². The highest BCUT2D eigenvalue weighted by Gasteiger charge is 2.31. The van der Waals surface area contributed by atoms with Gasteiger partial charge < -0.3 is 20.3 Å². The summed E-state index contributed by atoms with van der Waals surface area (Å²) in [7, 11) is 0. The molecule has 6 nitrogen and oxygen atoms in total. The minimum atomic E-state index is -0.226. The largest absolute Gasteiger partial charge is 0.368 e. The summed E-state index contributed by atoms with van der Waals surface area (Å²) in [6, 6.07) is -0.0202. The SMILES string of the molecule is O=C(NCC1CCCN(C(=O)[C@H]2CCCO2)C1)C1CCCN1. The number of rotatable bonds is 4. The monoisotopic (exact) mass is 309 g/mol. The first kappa shape index (κ1) is 15.7. The first-order valence-electron chi connectivity index (χ1n) is 8.65. The fourth-order valence-electron chi connectivity index (χ4n) is 3.68. The van der Waals surface area contributed by atoms with Gasteiger partial charge in [0.05, 0.1) is 6.04 Å². The third-order valence-corrected chi connectivity index (χ3v) is 4.98. The third kappa shape index (κ3) is 3.79. The zero-order chi connectivity index (χ0) is 15.4. The second-order valence-electron chi connectivity index (χ2n) is 6.69. The molecular formula is C16H27N3O3. The van der Waals surface area contributed by atoms with E-state index in [9.17, 15) is 9.59 Å². The molecule has 2 amide bonds. The van der Waals surface area contributed by atoms with Crippen molar-refractivity contribution < 1.29 is 14.3 Å². The Morgan fingerprint density at radius 3 is 2.82 bits per heavy atom. The van der Waals surface area contributed by atoms with Gasteiger partial charge >= 0.3 is 0 Å². The number of nitrogens with one attached hydrogen (secondary N) is 2. The number of amides is 2. The van der Waals surface area contributed by atoms with E-state index in [1.165, 1.54) is 0 Å². The molecule has 3 rings (SSSR count). The molecule has 3 fully saturated rings. The van der Waals surface area contributed by atoms with Crippen LogP contribution < -0.4 is 10.6 Å². The highest BCUT2D eigenvalue weighted by molar-refractivity contribution is 5.82. The van der Waals surface area contributed by atoms with E-state index < -0.39 is 0 Å². The summed E-state index contributed by atoms with van der Waals surface area (Å²) in [6.45, 7) is 3.89. The van der Waals surface area contributed by atoms with Crippen molar-refractivity contribution in [2.75, 3.05) is 32.8 Å². The first-order chi connectivity index (χ1) is 10.7. The van der Waals surface area contributed by atoms with Crippen LogP contribution in [0.1, 0.15) is 38.5 Å². The van der Waals surface area contributed by atoms with Crippen LogP contribution in [0.3, 0.4) is 0 Å². The molecule has 124 valence electrons. The lowest BCUT2D eigenvalue weighted by atomic mass is 9.97. The predicted molar refractivity (Wildman–Crippen MR) is 82.3 cm³/mol. The molecule has 0 aromatic carbocycles. The molecule has 0 bridgehead atoms. The molecule has 6 heteroatoms. The smallest absolute Gasteiger partial charge is 0.251 e. The Kier molecular flexibility index (Phi) is 5.31. The standard InChI is InChI=1S/C16H27N3O3/c20-15(13-5-1-7-17-13)18-10-12-4-2-8-19(11-12)16(21)14-6-3-9-22-14/h12-14,17H,1-11H2,(H,18,20)/t12?,13?,14-/m1/s1. The van der Waals surface area contributed by atoms with E-state index in [0.717, 1.165) is 58.2 Å². The number of nitrogens with zero attached hydrogens (tertiary/aromatic N) is 1. The number of likely N-dealkylation sites (tertiary alicyclic amines) is 1. The van der Waals surface area contributed by atoms with Gasteiger partial charge in [0.1, 0.15) is 6.10 Å². The zero-order valence-corrected chi connectivity index (χ0v) is 13.2. The molecule has 22 heavy (non-hydrogen) atoms. The van der Waals surface area contributed by atoms with Crippen molar-refractivity contribution in [3.05, 3.63) is 0 Å². The molecule has 0 spiro atoms. The molecule has 3 atom stereocenters. The van der Waals surface area contributed by atoms with Crippen LogP contribution in [-0.2, 0) is 14.3 Å². The topological polar surface area (TPSA) is 70.7 Å². The molecule has 0 aromatic heterocycles. The summed E-state index contributed by atoms with van der Waals surface area (Å²) in [5, 5.41) is 6.27. The molecule has 0 radical (unpaired) electrons. The van der Waals surface area contributed by atoms with Gasteiger partial charge in [-0.05, 0) is 51.0 Å². The maximum absolute atomic E-state index is 12.4. The van der Waals surface area contributed by atoms with E-state index in [-0.39, 0.29) is 24.0 Å². The van der Waals surface area contributed by atoms with Crippen LogP contribution in [0.25, 0.3) is 0 Å². The maximum Gasteiger partial charge on any atom is 0.251 e. The Morgan fingerprint density at radius 1 is 1.18 bits per heavy atom. The van der Waals surface area contributed by atoms with Crippen LogP contribution in [0.5, 0.6) is 0 Å². The molecule has 2 unspecified atom stereocenters. The minimum absolute atomic E-state index is 0.0202. The van der Waals surface area contributed by atoms with Gasteiger partial charge in [-0.1, -0.05) is 0 Å². The molecule has 3 aliphatic rings. The van der Waals surface area contributed by atoms with E-state index in [1.54, 1.807) is 0 Å². The fraction of sp³-hybridized carbons (Fsp3) is 0.875. The number of ether oxygens (including phenoxy) is 1. The quantitative estimate of drug-likeness (QED) is 0.782. The lowest BCUT2D eigenvalue weighted by Crippen LogP contribution is -2.48. The van der Waals surface area contributed by atoms with Crippen molar-refractivity contribution >= 4 is 11.8 Å². The average Bonchev–Trinajstić information content (AvgIpc) is 3.25. The van der Waals surface area contributed by atoms with Crippen molar-refractivity contribution in [3.8, 4) is 0 Å². The van der Waals surface area contributed by atoms with Crippen LogP contribution in [0, 0.1) is 5.92 Å². The number of carbonyl (C=O) groups is 2.